The lowest BCUT2D eigenvalue weighted by Gasteiger charge is -2.11. The molecule has 0 radical (unpaired) electrons. The summed E-state index contributed by atoms with van der Waals surface area (Å²) in [5, 5.41) is 5.68. The van der Waals surface area contributed by atoms with Gasteiger partial charge >= 0.3 is 6.18 Å². The number of H-pyrrole nitrogens is 1. The van der Waals surface area contributed by atoms with Gasteiger partial charge in [-0.1, -0.05) is 11.6 Å². The molecule has 1 atom stereocenters. The summed E-state index contributed by atoms with van der Waals surface area (Å²) in [4.78, 5) is 40.4. The first-order valence-electron chi connectivity index (χ1n) is 9.36. The number of hydrogen-bond donors (Lipinski definition) is 3. The molecule has 0 saturated heterocycles. The number of nitrogens with one attached hydrogen (secondary N) is 3. The summed E-state index contributed by atoms with van der Waals surface area (Å²) in [5.74, 6) is -1.09. The van der Waals surface area contributed by atoms with Gasteiger partial charge in [-0.05, 0) is 31.2 Å². The lowest BCUT2D eigenvalue weighted by atomic mass is 10.2. The lowest BCUT2D eigenvalue weighted by molar-refractivity contribution is -0.137. The number of nitrogens with zero attached hydrogens (tertiary/aromatic N) is 3. The van der Waals surface area contributed by atoms with Crippen LogP contribution in [0.15, 0.2) is 43.0 Å². The van der Waals surface area contributed by atoms with Gasteiger partial charge in [-0.15, -0.1) is 11.3 Å². The predicted octanol–water partition coefficient (Wildman–Crippen LogP) is 4.83. The van der Waals surface area contributed by atoms with E-state index < -0.39 is 34.6 Å². The number of fused-ring (bicyclic) bond motifs is 1. The van der Waals surface area contributed by atoms with Crippen LogP contribution in [-0.2, 0) is 6.18 Å². The minimum Gasteiger partial charge on any atom is -0.346 e. The van der Waals surface area contributed by atoms with Gasteiger partial charge in [0.2, 0.25) is 0 Å². The molecule has 0 bridgehead atoms. The number of rotatable bonds is 5. The Kier molecular flexibility index (Phi) is 6.04. The summed E-state index contributed by atoms with van der Waals surface area (Å²) in [5.41, 5.74) is -0.408. The van der Waals surface area contributed by atoms with Crippen molar-refractivity contribution in [2.45, 2.75) is 19.1 Å². The summed E-state index contributed by atoms with van der Waals surface area (Å²) < 4.78 is 39.1. The molecule has 0 unspecified atom stereocenters. The molecule has 0 aliphatic rings. The summed E-state index contributed by atoms with van der Waals surface area (Å²) in [6.45, 7) is 1.68. The predicted molar refractivity (Wildman–Crippen MR) is 116 cm³/mol. The molecule has 0 aliphatic heterocycles. The Balaban J connectivity index is 1.46. The minimum atomic E-state index is -4.65. The van der Waals surface area contributed by atoms with Gasteiger partial charge in [0, 0.05) is 11.9 Å². The van der Waals surface area contributed by atoms with E-state index in [0.29, 0.717) is 16.0 Å². The SMILES string of the molecule is C[C@@H](NC(=O)c1ncnc2[nH]ccc12)c1ncc(C(=O)Nc2ccc(Cl)c(C(F)(F)F)c2)s1. The number of hydrogen-bond acceptors (Lipinski definition) is 6. The molecule has 0 fully saturated rings. The highest BCUT2D eigenvalue weighted by molar-refractivity contribution is 7.13. The average Bonchev–Trinajstić information content (AvgIpc) is 3.43. The average molecular weight is 495 g/mol. The Bertz CT molecular complexity index is 1350. The normalized spacial score (nSPS) is 12.5. The monoisotopic (exact) mass is 494 g/mol. The number of carbonyl (C=O) groups excluding carboxylic acids is 2. The van der Waals surface area contributed by atoms with E-state index in [1.54, 1.807) is 19.2 Å². The molecule has 8 nitrogen and oxygen atoms in total. The van der Waals surface area contributed by atoms with Crippen LogP contribution >= 0.6 is 22.9 Å². The molecule has 3 heterocycles. The van der Waals surface area contributed by atoms with E-state index in [-0.39, 0.29) is 16.3 Å². The van der Waals surface area contributed by atoms with Gasteiger partial charge in [0.15, 0.2) is 0 Å². The van der Waals surface area contributed by atoms with Crippen molar-refractivity contribution in [3.8, 4) is 0 Å². The fourth-order valence-electron chi connectivity index (χ4n) is 2.99. The van der Waals surface area contributed by atoms with Crippen LogP contribution in [0.3, 0.4) is 0 Å². The second-order valence-corrected chi connectivity index (χ2v) is 8.34. The number of alkyl halides is 3. The van der Waals surface area contributed by atoms with Crippen molar-refractivity contribution < 1.29 is 22.8 Å². The number of halogens is 4. The zero-order valence-electron chi connectivity index (χ0n) is 16.7. The Morgan fingerprint density at radius 1 is 1.15 bits per heavy atom. The first-order valence-corrected chi connectivity index (χ1v) is 10.6. The van der Waals surface area contributed by atoms with Crippen LogP contribution in [0, 0.1) is 0 Å². The first-order chi connectivity index (χ1) is 15.6. The third kappa shape index (κ3) is 4.81. The number of thiazole rings is 1. The maximum atomic E-state index is 13.0. The highest BCUT2D eigenvalue weighted by atomic mass is 35.5. The Morgan fingerprint density at radius 2 is 1.94 bits per heavy atom. The van der Waals surface area contributed by atoms with Crippen LogP contribution < -0.4 is 10.6 Å². The highest BCUT2D eigenvalue weighted by Crippen LogP contribution is 2.36. The van der Waals surface area contributed by atoms with Crippen LogP contribution in [0.1, 0.15) is 43.7 Å². The molecule has 13 heteroatoms. The Labute approximate surface area is 193 Å². The van der Waals surface area contributed by atoms with Gasteiger partial charge in [0.25, 0.3) is 11.8 Å². The Morgan fingerprint density at radius 3 is 2.70 bits per heavy atom. The van der Waals surface area contributed by atoms with Crippen LogP contribution in [0.25, 0.3) is 11.0 Å². The third-order valence-corrected chi connectivity index (χ3v) is 6.07. The van der Waals surface area contributed by atoms with Crippen LogP contribution in [0.4, 0.5) is 18.9 Å². The van der Waals surface area contributed by atoms with Crippen LogP contribution in [0.5, 0.6) is 0 Å². The van der Waals surface area contributed by atoms with E-state index in [0.717, 1.165) is 23.5 Å². The molecule has 4 aromatic rings. The van der Waals surface area contributed by atoms with Crippen molar-refractivity contribution in [3.05, 3.63) is 69.2 Å². The molecule has 170 valence electrons. The fourth-order valence-corrected chi connectivity index (χ4v) is 4.03. The number of benzene rings is 1. The zero-order valence-corrected chi connectivity index (χ0v) is 18.3. The maximum absolute atomic E-state index is 13.0. The number of aromatic amines is 1. The van der Waals surface area contributed by atoms with E-state index in [2.05, 4.69) is 30.6 Å². The molecule has 0 saturated carbocycles. The fraction of sp³-hybridized carbons (Fsp3) is 0.150. The van der Waals surface area contributed by atoms with E-state index in [1.807, 2.05) is 0 Å². The maximum Gasteiger partial charge on any atom is 0.417 e. The molecular formula is C20H14ClF3N6O2S. The van der Waals surface area contributed by atoms with Crippen molar-refractivity contribution in [2.75, 3.05) is 5.32 Å². The zero-order chi connectivity index (χ0) is 23.8. The first kappa shape index (κ1) is 22.7. The lowest BCUT2D eigenvalue weighted by Crippen LogP contribution is -2.27. The summed E-state index contributed by atoms with van der Waals surface area (Å²) in [6.07, 6.45) is -0.457. The summed E-state index contributed by atoms with van der Waals surface area (Å²) in [7, 11) is 0. The molecule has 3 aromatic heterocycles. The van der Waals surface area contributed by atoms with Crippen molar-refractivity contribution >= 4 is 51.5 Å². The number of aromatic nitrogens is 4. The van der Waals surface area contributed by atoms with E-state index >= 15 is 0 Å². The van der Waals surface area contributed by atoms with Crippen molar-refractivity contribution in [3.63, 3.8) is 0 Å². The number of carbonyl (C=O) groups is 2. The van der Waals surface area contributed by atoms with Gasteiger partial charge in [-0.3, -0.25) is 9.59 Å². The molecule has 0 spiro atoms. The molecule has 1 aromatic carbocycles. The number of amides is 2. The largest absolute Gasteiger partial charge is 0.417 e. The second-order valence-electron chi connectivity index (χ2n) is 6.87. The molecule has 4 rings (SSSR count). The van der Waals surface area contributed by atoms with E-state index in [9.17, 15) is 22.8 Å². The number of anilines is 1. The quantitative estimate of drug-likeness (QED) is 0.368. The van der Waals surface area contributed by atoms with Crippen molar-refractivity contribution in [1.29, 1.82) is 0 Å². The highest BCUT2D eigenvalue weighted by Gasteiger charge is 2.33. The molecule has 0 aliphatic carbocycles. The van der Waals surface area contributed by atoms with Gasteiger partial charge in [-0.2, -0.15) is 13.2 Å². The van der Waals surface area contributed by atoms with E-state index in [1.165, 1.54) is 18.6 Å². The smallest absolute Gasteiger partial charge is 0.346 e. The van der Waals surface area contributed by atoms with Crippen molar-refractivity contribution in [2.24, 2.45) is 0 Å². The van der Waals surface area contributed by atoms with Crippen LogP contribution in [0.2, 0.25) is 5.02 Å². The summed E-state index contributed by atoms with van der Waals surface area (Å²) >= 11 is 6.60. The topological polar surface area (TPSA) is 113 Å². The molecular weight excluding hydrogens is 481 g/mol. The van der Waals surface area contributed by atoms with Gasteiger partial charge < -0.3 is 15.6 Å². The van der Waals surface area contributed by atoms with Crippen molar-refractivity contribution in [1.82, 2.24) is 25.3 Å². The van der Waals surface area contributed by atoms with Gasteiger partial charge in [0.05, 0.1) is 28.2 Å². The van der Waals surface area contributed by atoms with Crippen LogP contribution in [-0.4, -0.2) is 31.8 Å². The van der Waals surface area contributed by atoms with Gasteiger partial charge in [0.1, 0.15) is 27.6 Å². The molecule has 2 amide bonds. The Hall–Kier alpha value is -3.51. The molecule has 3 N–H and O–H groups in total. The van der Waals surface area contributed by atoms with E-state index in [4.69, 9.17) is 11.6 Å². The molecule has 33 heavy (non-hydrogen) atoms. The summed E-state index contributed by atoms with van der Waals surface area (Å²) in [6, 6.07) is 4.21. The standard InChI is InChI=1S/C20H14ClF3N6O2S/c1-9(29-18(32)15-11-4-5-25-16(11)28-8-27-15)19-26-7-14(33-19)17(31)30-10-2-3-13(21)12(6-10)20(22,23)24/h2-9H,1H3,(H,29,32)(H,30,31)(H,25,27,28)/t9-/m1/s1. The van der Waals surface area contributed by atoms with Gasteiger partial charge in [-0.25, -0.2) is 15.0 Å². The second kappa shape index (κ2) is 8.79. The minimum absolute atomic E-state index is 0.0627. The third-order valence-electron chi connectivity index (χ3n) is 4.56.